The van der Waals surface area contributed by atoms with Crippen LogP contribution in [0.25, 0.3) is 0 Å². The highest BCUT2D eigenvalue weighted by Gasteiger charge is 2.37. The highest BCUT2D eigenvalue weighted by atomic mass is 32.2. The van der Waals surface area contributed by atoms with Crippen molar-refractivity contribution in [2.45, 2.75) is 37.1 Å². The van der Waals surface area contributed by atoms with Crippen molar-refractivity contribution in [3.8, 4) is 0 Å². The Labute approximate surface area is 165 Å². The highest BCUT2D eigenvalue weighted by molar-refractivity contribution is 7.90. The van der Waals surface area contributed by atoms with Gasteiger partial charge in [0.25, 0.3) is 0 Å². The number of halogens is 1. The van der Waals surface area contributed by atoms with Crippen LogP contribution in [-0.2, 0) is 26.1 Å². The molecular weight excluding hydrogens is 385 g/mol. The first kappa shape index (κ1) is 21.2. The van der Waals surface area contributed by atoms with Gasteiger partial charge in [0, 0.05) is 19.6 Å². The molecule has 2 aliphatic rings. The van der Waals surface area contributed by atoms with Gasteiger partial charge in [0.15, 0.2) is 0 Å². The topological polar surface area (TPSA) is 87.7 Å². The molecule has 2 heterocycles. The molecule has 0 aliphatic carbocycles. The lowest BCUT2D eigenvalue weighted by Crippen LogP contribution is -2.41. The molecule has 0 saturated carbocycles. The molecule has 2 N–H and O–H groups in total. The van der Waals surface area contributed by atoms with Crippen LogP contribution >= 0.6 is 0 Å². The average molecular weight is 414 g/mol. The molecule has 0 amide bonds. The maximum atomic E-state index is 13.3. The largest absolute Gasteiger partial charge is 0.468 e. The Hall–Kier alpha value is -1.55. The van der Waals surface area contributed by atoms with Gasteiger partial charge in [-0.05, 0) is 56.0 Å². The van der Waals surface area contributed by atoms with Gasteiger partial charge in [-0.15, -0.1) is 0 Å². The zero-order valence-corrected chi connectivity index (χ0v) is 16.9. The number of carbonyl (C=O) groups excluding carboxylic acids is 1. The Morgan fingerprint density at radius 1 is 1.36 bits per heavy atom. The van der Waals surface area contributed by atoms with Gasteiger partial charge in [0.1, 0.15) is 11.9 Å². The first-order valence-corrected chi connectivity index (χ1v) is 11.2. The first-order chi connectivity index (χ1) is 13.4. The fraction of sp³-hybridized carbons (Fsp3) is 0.632. The number of nitrogens with one attached hydrogen (secondary N) is 2. The number of nitrogens with zero attached hydrogens (tertiary/aromatic N) is 1. The van der Waals surface area contributed by atoms with Crippen molar-refractivity contribution in [3.05, 3.63) is 35.6 Å². The molecular formula is C19H28FN3O4S. The number of likely N-dealkylation sites (tertiary alicyclic amines) is 1. The second kappa shape index (κ2) is 9.30. The number of piperidine rings is 1. The van der Waals surface area contributed by atoms with Crippen LogP contribution in [-0.4, -0.2) is 63.9 Å². The summed E-state index contributed by atoms with van der Waals surface area (Å²) in [7, 11) is -2.18. The Morgan fingerprint density at radius 3 is 2.79 bits per heavy atom. The van der Waals surface area contributed by atoms with Crippen LogP contribution in [0, 0.1) is 11.7 Å². The number of benzene rings is 1. The van der Waals surface area contributed by atoms with Crippen molar-refractivity contribution in [1.82, 2.24) is 14.9 Å². The van der Waals surface area contributed by atoms with Crippen molar-refractivity contribution in [3.63, 3.8) is 0 Å². The van der Waals surface area contributed by atoms with E-state index in [9.17, 15) is 17.6 Å². The SMILES string of the molecule is COC(=O)C1CC(S(=O)(=O)NCC2CCN(Cc3cccc(F)c3)CC2)CN1. The van der Waals surface area contributed by atoms with Crippen LogP contribution < -0.4 is 10.0 Å². The maximum Gasteiger partial charge on any atom is 0.322 e. The van der Waals surface area contributed by atoms with Crippen LogP contribution in [0.5, 0.6) is 0 Å². The van der Waals surface area contributed by atoms with Crippen molar-refractivity contribution in [1.29, 1.82) is 0 Å². The van der Waals surface area contributed by atoms with E-state index in [1.165, 1.54) is 13.2 Å². The molecule has 0 bridgehead atoms. The van der Waals surface area contributed by atoms with Crippen LogP contribution in [0.2, 0.25) is 0 Å². The van der Waals surface area contributed by atoms with Gasteiger partial charge in [-0.3, -0.25) is 9.69 Å². The summed E-state index contributed by atoms with van der Waals surface area (Å²) in [6.45, 7) is 3.09. The van der Waals surface area contributed by atoms with Crippen molar-refractivity contribution >= 4 is 16.0 Å². The molecule has 1 aromatic rings. The lowest BCUT2D eigenvalue weighted by Gasteiger charge is -2.32. The summed E-state index contributed by atoms with van der Waals surface area (Å²) in [5, 5.41) is 2.29. The van der Waals surface area contributed by atoms with E-state index in [4.69, 9.17) is 0 Å². The highest BCUT2D eigenvalue weighted by Crippen LogP contribution is 2.20. The lowest BCUT2D eigenvalue weighted by atomic mass is 9.97. The Kier molecular flexibility index (Phi) is 7.03. The van der Waals surface area contributed by atoms with E-state index in [2.05, 4.69) is 19.7 Å². The third-order valence-corrected chi connectivity index (χ3v) is 7.40. The monoisotopic (exact) mass is 413 g/mol. The molecule has 2 fully saturated rings. The molecule has 1 aromatic carbocycles. The number of rotatable bonds is 7. The first-order valence-electron chi connectivity index (χ1n) is 9.64. The Morgan fingerprint density at radius 2 is 2.11 bits per heavy atom. The number of sulfonamides is 1. The number of hydrogen-bond donors (Lipinski definition) is 2. The van der Waals surface area contributed by atoms with Gasteiger partial charge in [0.2, 0.25) is 10.0 Å². The van der Waals surface area contributed by atoms with Crippen molar-refractivity contribution in [2.75, 3.05) is 33.3 Å². The molecule has 0 radical (unpaired) electrons. The normalized spacial score (nSPS) is 24.4. The van der Waals surface area contributed by atoms with Gasteiger partial charge in [0.05, 0.1) is 12.4 Å². The van der Waals surface area contributed by atoms with E-state index in [0.717, 1.165) is 31.5 Å². The Bertz CT molecular complexity index is 781. The average Bonchev–Trinajstić information content (AvgIpc) is 3.18. The minimum absolute atomic E-state index is 0.224. The summed E-state index contributed by atoms with van der Waals surface area (Å²) < 4.78 is 45.7. The van der Waals surface area contributed by atoms with Crippen LogP contribution in [0.15, 0.2) is 24.3 Å². The molecule has 2 unspecified atom stereocenters. The fourth-order valence-corrected chi connectivity index (χ4v) is 5.32. The molecule has 3 rings (SSSR count). The summed E-state index contributed by atoms with van der Waals surface area (Å²) in [6, 6.07) is 6.07. The summed E-state index contributed by atoms with van der Waals surface area (Å²) in [5.41, 5.74) is 0.952. The Balaban J connectivity index is 1.42. The number of hydrogen-bond acceptors (Lipinski definition) is 6. The zero-order valence-electron chi connectivity index (χ0n) is 16.1. The quantitative estimate of drug-likeness (QED) is 0.645. The summed E-state index contributed by atoms with van der Waals surface area (Å²) in [6.07, 6.45) is 2.02. The van der Waals surface area contributed by atoms with Gasteiger partial charge in [-0.2, -0.15) is 0 Å². The van der Waals surface area contributed by atoms with E-state index in [1.54, 1.807) is 12.1 Å². The maximum absolute atomic E-state index is 13.3. The molecule has 0 spiro atoms. The van der Waals surface area contributed by atoms with E-state index in [-0.39, 0.29) is 24.7 Å². The van der Waals surface area contributed by atoms with Crippen LogP contribution in [0.3, 0.4) is 0 Å². The molecule has 156 valence electrons. The van der Waals surface area contributed by atoms with Gasteiger partial charge in [-0.25, -0.2) is 17.5 Å². The number of methoxy groups -OCH3 is 1. The second-order valence-electron chi connectivity index (χ2n) is 7.58. The molecule has 28 heavy (non-hydrogen) atoms. The van der Waals surface area contributed by atoms with E-state index >= 15 is 0 Å². The van der Waals surface area contributed by atoms with Gasteiger partial charge >= 0.3 is 5.97 Å². The molecule has 2 aliphatic heterocycles. The number of esters is 1. The third-order valence-electron chi connectivity index (χ3n) is 5.59. The van der Waals surface area contributed by atoms with Crippen molar-refractivity contribution in [2.24, 2.45) is 5.92 Å². The zero-order chi connectivity index (χ0) is 20.1. The third kappa shape index (κ3) is 5.50. The number of carbonyl (C=O) groups is 1. The van der Waals surface area contributed by atoms with E-state index < -0.39 is 27.3 Å². The molecule has 9 heteroatoms. The lowest BCUT2D eigenvalue weighted by molar-refractivity contribution is -0.142. The molecule has 7 nitrogen and oxygen atoms in total. The molecule has 0 aromatic heterocycles. The second-order valence-corrected chi connectivity index (χ2v) is 9.63. The van der Waals surface area contributed by atoms with E-state index in [0.29, 0.717) is 13.1 Å². The molecule has 2 atom stereocenters. The van der Waals surface area contributed by atoms with Crippen LogP contribution in [0.1, 0.15) is 24.8 Å². The van der Waals surface area contributed by atoms with Gasteiger partial charge < -0.3 is 10.1 Å². The standard InChI is InChI=1S/C19H28FN3O4S/c1-27-19(24)18-10-17(12-21-18)28(25,26)22-11-14-5-7-23(8-6-14)13-15-3-2-4-16(20)9-15/h2-4,9,14,17-18,21-22H,5-8,10-13H2,1H3. The van der Waals surface area contributed by atoms with E-state index in [1.807, 2.05) is 6.07 Å². The van der Waals surface area contributed by atoms with Gasteiger partial charge in [-0.1, -0.05) is 12.1 Å². The minimum Gasteiger partial charge on any atom is -0.468 e. The predicted molar refractivity (Wildman–Crippen MR) is 104 cm³/mol. The summed E-state index contributed by atoms with van der Waals surface area (Å²) >= 11 is 0. The smallest absolute Gasteiger partial charge is 0.322 e. The fourth-order valence-electron chi connectivity index (χ4n) is 3.86. The summed E-state index contributed by atoms with van der Waals surface area (Å²) in [4.78, 5) is 13.8. The van der Waals surface area contributed by atoms with Crippen molar-refractivity contribution < 1.29 is 22.3 Å². The minimum atomic E-state index is -3.48. The summed E-state index contributed by atoms with van der Waals surface area (Å²) in [5.74, 6) is -0.370. The number of ether oxygens (including phenoxy) is 1. The predicted octanol–water partition coefficient (Wildman–Crippen LogP) is 0.861. The molecule has 2 saturated heterocycles. The van der Waals surface area contributed by atoms with Crippen LogP contribution in [0.4, 0.5) is 4.39 Å².